The van der Waals surface area contributed by atoms with Gasteiger partial charge in [-0.1, -0.05) is 12.1 Å². The van der Waals surface area contributed by atoms with E-state index in [1.165, 1.54) is 23.6 Å². The van der Waals surface area contributed by atoms with Crippen molar-refractivity contribution in [1.29, 1.82) is 0 Å². The molecule has 0 radical (unpaired) electrons. The van der Waals surface area contributed by atoms with Crippen molar-refractivity contribution in [3.63, 3.8) is 0 Å². The van der Waals surface area contributed by atoms with Crippen molar-refractivity contribution in [3.8, 4) is 11.1 Å². The van der Waals surface area contributed by atoms with E-state index in [1.54, 1.807) is 6.07 Å². The summed E-state index contributed by atoms with van der Waals surface area (Å²) in [5.74, 6) is 0.382. The summed E-state index contributed by atoms with van der Waals surface area (Å²) < 4.78 is 42.8. The van der Waals surface area contributed by atoms with Gasteiger partial charge in [-0.3, -0.25) is 9.35 Å². The molecule has 0 saturated carbocycles. The molecule has 182 valence electrons. The Bertz CT molecular complexity index is 1510. The SMILES string of the molecule is O=c1cc(N2CCOCC2)oc2c(-c3ccc(Nc4nccc(NCS(=O)(=O)O)n4)cc3)csc12. The first-order valence-electron chi connectivity index (χ1n) is 10.6. The third kappa shape index (κ3) is 5.43. The monoisotopic (exact) mass is 515 g/mol. The van der Waals surface area contributed by atoms with E-state index in [-0.39, 0.29) is 17.2 Å². The van der Waals surface area contributed by atoms with Crippen LogP contribution in [0.1, 0.15) is 0 Å². The molecule has 0 atom stereocenters. The van der Waals surface area contributed by atoms with Crippen LogP contribution in [0.15, 0.2) is 57.2 Å². The van der Waals surface area contributed by atoms with Gasteiger partial charge in [-0.25, -0.2) is 4.98 Å². The number of hydrogen-bond acceptors (Lipinski definition) is 11. The first-order valence-corrected chi connectivity index (χ1v) is 13.1. The Morgan fingerprint density at radius 2 is 1.91 bits per heavy atom. The zero-order valence-electron chi connectivity index (χ0n) is 18.3. The van der Waals surface area contributed by atoms with Crippen molar-refractivity contribution < 1.29 is 22.1 Å². The zero-order valence-corrected chi connectivity index (χ0v) is 19.9. The molecule has 13 heteroatoms. The molecule has 0 bridgehead atoms. The van der Waals surface area contributed by atoms with Gasteiger partial charge in [-0.2, -0.15) is 13.4 Å². The van der Waals surface area contributed by atoms with Crippen molar-refractivity contribution in [2.75, 3.05) is 47.7 Å². The molecule has 35 heavy (non-hydrogen) atoms. The van der Waals surface area contributed by atoms with E-state index in [4.69, 9.17) is 13.7 Å². The van der Waals surface area contributed by atoms with E-state index >= 15 is 0 Å². The Balaban J connectivity index is 1.37. The third-order valence-electron chi connectivity index (χ3n) is 5.30. The lowest BCUT2D eigenvalue weighted by Crippen LogP contribution is -2.36. The fourth-order valence-electron chi connectivity index (χ4n) is 3.61. The summed E-state index contributed by atoms with van der Waals surface area (Å²) in [5.41, 5.74) is 2.91. The van der Waals surface area contributed by atoms with Crippen molar-refractivity contribution in [2.24, 2.45) is 0 Å². The molecule has 1 aliphatic heterocycles. The Labute approximate surface area is 204 Å². The number of fused-ring (bicyclic) bond motifs is 1. The van der Waals surface area contributed by atoms with Crippen LogP contribution in [-0.2, 0) is 14.9 Å². The van der Waals surface area contributed by atoms with Crippen LogP contribution in [0, 0.1) is 0 Å². The van der Waals surface area contributed by atoms with E-state index in [2.05, 4.69) is 20.6 Å². The third-order valence-corrected chi connectivity index (χ3v) is 6.78. The summed E-state index contributed by atoms with van der Waals surface area (Å²) in [7, 11) is -4.17. The molecule has 4 aromatic rings. The van der Waals surface area contributed by atoms with E-state index in [1.807, 2.05) is 34.5 Å². The highest BCUT2D eigenvalue weighted by molar-refractivity contribution is 7.85. The van der Waals surface area contributed by atoms with Crippen LogP contribution >= 0.6 is 11.3 Å². The minimum Gasteiger partial charge on any atom is -0.439 e. The number of benzene rings is 1. The maximum Gasteiger partial charge on any atom is 0.283 e. The molecule has 0 aliphatic carbocycles. The van der Waals surface area contributed by atoms with Gasteiger partial charge in [-0.15, -0.1) is 11.3 Å². The largest absolute Gasteiger partial charge is 0.439 e. The number of nitrogens with zero attached hydrogens (tertiary/aromatic N) is 3. The number of morpholine rings is 1. The minimum absolute atomic E-state index is 0.0677. The standard InChI is InChI=1S/C22H21N5O6S2/c28-17-11-19(27-7-9-32-10-8-27)33-20-16(12-34-21(17)20)14-1-3-15(4-2-14)25-22-23-6-5-18(26-22)24-13-35(29,30)31/h1-6,11-12H,7-10,13H2,(H,29,30,31)(H2,23,24,25,26). The van der Waals surface area contributed by atoms with Gasteiger partial charge in [0.2, 0.25) is 11.4 Å². The summed E-state index contributed by atoms with van der Waals surface area (Å²) in [4.78, 5) is 23.0. The van der Waals surface area contributed by atoms with E-state index in [0.29, 0.717) is 48.2 Å². The molecular formula is C22H21N5O6S2. The molecular weight excluding hydrogens is 494 g/mol. The second kappa shape index (κ2) is 9.62. The fraction of sp³-hybridized carbons (Fsp3) is 0.227. The average molecular weight is 516 g/mol. The summed E-state index contributed by atoms with van der Waals surface area (Å²) in [6.45, 7) is 2.53. The molecule has 0 unspecified atom stereocenters. The van der Waals surface area contributed by atoms with Crippen molar-refractivity contribution in [3.05, 3.63) is 58.2 Å². The molecule has 4 heterocycles. The number of hydrogen-bond donors (Lipinski definition) is 3. The Kier molecular flexibility index (Phi) is 6.38. The second-order valence-electron chi connectivity index (χ2n) is 7.73. The predicted octanol–water partition coefficient (Wildman–Crippen LogP) is 3.15. The summed E-state index contributed by atoms with van der Waals surface area (Å²) in [5, 5.41) is 7.47. The lowest BCUT2D eigenvalue weighted by Gasteiger charge is -2.27. The summed E-state index contributed by atoms with van der Waals surface area (Å²) in [6, 6.07) is 10.5. The van der Waals surface area contributed by atoms with Crippen LogP contribution in [0.5, 0.6) is 0 Å². The Morgan fingerprint density at radius 3 is 2.66 bits per heavy atom. The summed E-state index contributed by atoms with van der Waals surface area (Å²) >= 11 is 1.35. The highest BCUT2D eigenvalue weighted by Gasteiger charge is 2.18. The normalized spacial score (nSPS) is 14.3. The van der Waals surface area contributed by atoms with Crippen LogP contribution in [0.25, 0.3) is 21.4 Å². The Hall–Kier alpha value is -3.52. The van der Waals surface area contributed by atoms with Crippen LogP contribution in [-0.4, -0.2) is 55.1 Å². The molecule has 1 aromatic carbocycles. The number of nitrogens with one attached hydrogen (secondary N) is 2. The van der Waals surface area contributed by atoms with Crippen LogP contribution < -0.4 is 21.0 Å². The lowest BCUT2D eigenvalue weighted by molar-refractivity contribution is 0.121. The smallest absolute Gasteiger partial charge is 0.283 e. The number of rotatable bonds is 7. The molecule has 1 aliphatic rings. The van der Waals surface area contributed by atoms with Crippen LogP contribution in [0.4, 0.5) is 23.3 Å². The van der Waals surface area contributed by atoms with E-state index in [9.17, 15) is 13.2 Å². The fourth-order valence-corrected chi connectivity index (χ4v) is 4.86. The molecule has 0 amide bonds. The van der Waals surface area contributed by atoms with Crippen molar-refractivity contribution in [1.82, 2.24) is 9.97 Å². The van der Waals surface area contributed by atoms with Gasteiger partial charge in [0.15, 0.2) is 11.5 Å². The molecule has 0 spiro atoms. The second-order valence-corrected chi connectivity index (χ2v) is 10.1. The Morgan fingerprint density at radius 1 is 1.14 bits per heavy atom. The number of anilines is 4. The maximum absolute atomic E-state index is 12.7. The highest BCUT2D eigenvalue weighted by Crippen LogP contribution is 2.35. The first-order chi connectivity index (χ1) is 16.9. The quantitative estimate of drug-likeness (QED) is 0.312. The molecule has 3 aromatic heterocycles. The van der Waals surface area contributed by atoms with Gasteiger partial charge >= 0.3 is 0 Å². The topological polar surface area (TPSA) is 147 Å². The first kappa shape index (κ1) is 23.2. The molecule has 11 nitrogen and oxygen atoms in total. The van der Waals surface area contributed by atoms with Gasteiger partial charge in [0, 0.05) is 42.0 Å². The van der Waals surface area contributed by atoms with Crippen molar-refractivity contribution in [2.45, 2.75) is 0 Å². The number of aromatic nitrogens is 2. The lowest BCUT2D eigenvalue weighted by atomic mass is 10.1. The molecule has 3 N–H and O–H groups in total. The van der Waals surface area contributed by atoms with Gasteiger partial charge in [-0.05, 0) is 23.8 Å². The molecule has 1 fully saturated rings. The highest BCUT2D eigenvalue weighted by atomic mass is 32.2. The van der Waals surface area contributed by atoms with Gasteiger partial charge < -0.3 is 24.7 Å². The minimum atomic E-state index is -4.17. The van der Waals surface area contributed by atoms with E-state index in [0.717, 1.165) is 11.1 Å². The molecule has 1 saturated heterocycles. The van der Waals surface area contributed by atoms with E-state index < -0.39 is 16.0 Å². The van der Waals surface area contributed by atoms with Gasteiger partial charge in [0.05, 0.1) is 13.2 Å². The number of ether oxygens (including phenoxy) is 1. The maximum atomic E-state index is 12.7. The molecule has 5 rings (SSSR count). The number of thiophene rings is 1. The summed E-state index contributed by atoms with van der Waals surface area (Å²) in [6.07, 6.45) is 1.46. The van der Waals surface area contributed by atoms with Crippen LogP contribution in [0.3, 0.4) is 0 Å². The zero-order chi connectivity index (χ0) is 24.4. The predicted molar refractivity (Wildman–Crippen MR) is 134 cm³/mol. The van der Waals surface area contributed by atoms with Crippen molar-refractivity contribution >= 4 is 55.1 Å². The van der Waals surface area contributed by atoms with Crippen LogP contribution in [0.2, 0.25) is 0 Å². The average Bonchev–Trinajstić information content (AvgIpc) is 3.28. The van der Waals surface area contributed by atoms with Gasteiger partial charge in [0.25, 0.3) is 10.1 Å². The van der Waals surface area contributed by atoms with Gasteiger partial charge in [0.1, 0.15) is 16.4 Å².